The van der Waals surface area contributed by atoms with E-state index in [0.717, 1.165) is 5.56 Å². The molecule has 2 unspecified atom stereocenters. The van der Waals surface area contributed by atoms with Crippen LogP contribution in [0.25, 0.3) is 0 Å². The summed E-state index contributed by atoms with van der Waals surface area (Å²) in [5.41, 5.74) is 6.04. The quantitative estimate of drug-likeness (QED) is 0.695. The first-order valence-corrected chi connectivity index (χ1v) is 11.6. The Balaban J connectivity index is 2.44. The standard InChI is InChI=1S/C20H29ClN2O5S/c1-5-15(12-29(26,27)20(2,3)4)23-16(13-6-8-14(21)9-7-13)11-28-17(19(23)25)10-18(22)24/h6-9,15-17H,5,10-12H2,1-4H3,(H2,22,24)/t15?,16?,17-/m0/s1. The van der Waals surface area contributed by atoms with Crippen LogP contribution in [0, 0.1) is 0 Å². The van der Waals surface area contributed by atoms with Crippen LogP contribution >= 0.6 is 11.6 Å². The number of rotatable bonds is 7. The van der Waals surface area contributed by atoms with Gasteiger partial charge in [0.25, 0.3) is 5.91 Å². The summed E-state index contributed by atoms with van der Waals surface area (Å²) in [6.45, 7) is 6.90. The summed E-state index contributed by atoms with van der Waals surface area (Å²) in [6, 6.07) is 5.95. The molecule has 29 heavy (non-hydrogen) atoms. The van der Waals surface area contributed by atoms with Crippen molar-refractivity contribution in [3.05, 3.63) is 34.9 Å². The van der Waals surface area contributed by atoms with Crippen LogP contribution in [0.4, 0.5) is 0 Å². The minimum atomic E-state index is -3.48. The Labute approximate surface area is 177 Å². The van der Waals surface area contributed by atoms with E-state index in [9.17, 15) is 18.0 Å². The van der Waals surface area contributed by atoms with Crippen molar-refractivity contribution in [2.45, 2.75) is 63.5 Å². The zero-order valence-corrected chi connectivity index (χ0v) is 18.8. The molecule has 0 aromatic heterocycles. The molecule has 1 heterocycles. The maximum Gasteiger partial charge on any atom is 0.253 e. The molecule has 0 aliphatic carbocycles. The molecule has 1 fully saturated rings. The molecule has 3 atom stereocenters. The molecule has 7 nitrogen and oxygen atoms in total. The molecule has 2 rings (SSSR count). The van der Waals surface area contributed by atoms with Gasteiger partial charge in [0.2, 0.25) is 5.91 Å². The molecule has 0 saturated carbocycles. The van der Waals surface area contributed by atoms with Crippen molar-refractivity contribution in [2.24, 2.45) is 5.73 Å². The highest BCUT2D eigenvalue weighted by atomic mass is 35.5. The van der Waals surface area contributed by atoms with Gasteiger partial charge in [-0.1, -0.05) is 30.7 Å². The highest BCUT2D eigenvalue weighted by Gasteiger charge is 2.43. The molecule has 1 aliphatic heterocycles. The number of carbonyl (C=O) groups is 2. The molecular formula is C20H29ClN2O5S. The summed E-state index contributed by atoms with van der Waals surface area (Å²) >= 11 is 5.98. The summed E-state index contributed by atoms with van der Waals surface area (Å²) in [4.78, 5) is 26.1. The zero-order valence-electron chi connectivity index (χ0n) is 17.2. The molecule has 2 N–H and O–H groups in total. The van der Waals surface area contributed by atoms with Crippen LogP contribution < -0.4 is 5.73 Å². The van der Waals surface area contributed by atoms with E-state index in [2.05, 4.69) is 0 Å². The van der Waals surface area contributed by atoms with Gasteiger partial charge in [-0.25, -0.2) is 8.42 Å². The average Bonchev–Trinajstić information content (AvgIpc) is 2.61. The van der Waals surface area contributed by atoms with Crippen molar-refractivity contribution in [3.63, 3.8) is 0 Å². The molecule has 1 aliphatic rings. The number of benzene rings is 1. The number of morpholine rings is 1. The molecule has 0 bridgehead atoms. The molecule has 0 radical (unpaired) electrons. The molecule has 1 aromatic rings. The number of primary amides is 1. The number of amides is 2. The number of nitrogens with two attached hydrogens (primary N) is 1. The Morgan fingerprint density at radius 1 is 1.31 bits per heavy atom. The van der Waals surface area contributed by atoms with Crippen molar-refractivity contribution in [1.82, 2.24) is 4.90 Å². The molecule has 1 saturated heterocycles. The maximum absolute atomic E-state index is 13.2. The maximum atomic E-state index is 13.2. The minimum Gasteiger partial charge on any atom is -0.370 e. The lowest BCUT2D eigenvalue weighted by Gasteiger charge is -2.44. The van der Waals surface area contributed by atoms with E-state index in [1.807, 2.05) is 6.92 Å². The Morgan fingerprint density at radius 3 is 2.38 bits per heavy atom. The first kappa shape index (κ1) is 23.6. The number of hydrogen-bond acceptors (Lipinski definition) is 5. The average molecular weight is 445 g/mol. The normalized spacial score (nSPS) is 21.8. The molecule has 162 valence electrons. The van der Waals surface area contributed by atoms with Gasteiger partial charge < -0.3 is 15.4 Å². The van der Waals surface area contributed by atoms with Gasteiger partial charge in [0, 0.05) is 11.1 Å². The fourth-order valence-corrected chi connectivity index (χ4v) is 4.81. The fourth-order valence-electron chi connectivity index (χ4n) is 3.28. The SMILES string of the molecule is CCC(CS(=O)(=O)C(C)(C)C)N1C(=O)[C@H](CC(N)=O)OCC1c1ccc(Cl)cc1. The van der Waals surface area contributed by atoms with Crippen LogP contribution in [0.15, 0.2) is 24.3 Å². The lowest BCUT2D eigenvalue weighted by molar-refractivity contribution is -0.165. The van der Waals surface area contributed by atoms with Gasteiger partial charge in [0.05, 0.1) is 29.6 Å². The molecule has 9 heteroatoms. The van der Waals surface area contributed by atoms with Crippen LogP contribution in [-0.4, -0.2) is 54.4 Å². The highest BCUT2D eigenvalue weighted by molar-refractivity contribution is 7.92. The zero-order chi connectivity index (χ0) is 22.0. The van der Waals surface area contributed by atoms with Crippen molar-refractivity contribution >= 4 is 33.3 Å². The van der Waals surface area contributed by atoms with Crippen molar-refractivity contribution in [3.8, 4) is 0 Å². The highest BCUT2D eigenvalue weighted by Crippen LogP contribution is 2.33. The molecular weight excluding hydrogens is 416 g/mol. The second kappa shape index (κ2) is 9.02. The van der Waals surface area contributed by atoms with Crippen molar-refractivity contribution in [1.29, 1.82) is 0 Å². The predicted molar refractivity (Wildman–Crippen MR) is 112 cm³/mol. The third-order valence-corrected chi connectivity index (χ3v) is 8.11. The van der Waals surface area contributed by atoms with Gasteiger partial charge in [0.1, 0.15) is 6.10 Å². The fraction of sp³-hybridized carbons (Fsp3) is 0.600. The Hall–Kier alpha value is -1.64. The molecule has 1 aromatic carbocycles. The molecule has 0 spiro atoms. The topological polar surface area (TPSA) is 107 Å². The van der Waals surface area contributed by atoms with Gasteiger partial charge in [-0.15, -0.1) is 0 Å². The monoisotopic (exact) mass is 444 g/mol. The first-order chi connectivity index (χ1) is 13.4. The van der Waals surface area contributed by atoms with E-state index in [1.165, 1.54) is 0 Å². The van der Waals surface area contributed by atoms with Crippen LogP contribution in [0.5, 0.6) is 0 Å². The summed E-state index contributed by atoms with van der Waals surface area (Å²) in [5, 5.41) is 0.553. The predicted octanol–water partition coefficient (Wildman–Crippen LogP) is 2.48. The van der Waals surface area contributed by atoms with E-state index >= 15 is 0 Å². The summed E-state index contributed by atoms with van der Waals surface area (Å²) < 4.78 is 30.4. The second-order valence-electron chi connectivity index (χ2n) is 8.26. The van der Waals surface area contributed by atoms with Gasteiger partial charge in [-0.2, -0.15) is 0 Å². The third kappa shape index (κ3) is 5.49. The number of ether oxygens (including phenoxy) is 1. The lowest BCUT2D eigenvalue weighted by atomic mass is 9.99. The van der Waals surface area contributed by atoms with Crippen molar-refractivity contribution in [2.75, 3.05) is 12.4 Å². The third-order valence-electron chi connectivity index (χ3n) is 5.17. The number of sulfone groups is 1. The van der Waals surface area contributed by atoms with Crippen LogP contribution in [0.1, 0.15) is 52.1 Å². The summed E-state index contributed by atoms with van der Waals surface area (Å²) in [7, 11) is -3.48. The Bertz CT molecular complexity index is 849. The smallest absolute Gasteiger partial charge is 0.253 e. The van der Waals surface area contributed by atoms with Gasteiger partial charge >= 0.3 is 0 Å². The summed E-state index contributed by atoms with van der Waals surface area (Å²) in [6.07, 6.45) is -0.818. The lowest BCUT2D eigenvalue weighted by Crippen LogP contribution is -2.56. The first-order valence-electron chi connectivity index (χ1n) is 9.57. The number of carbonyl (C=O) groups excluding carboxylic acids is 2. The second-order valence-corrected chi connectivity index (χ2v) is 11.5. The van der Waals surface area contributed by atoms with Gasteiger partial charge in [-0.3, -0.25) is 9.59 Å². The van der Waals surface area contributed by atoms with E-state index in [0.29, 0.717) is 11.4 Å². The number of halogens is 1. The van der Waals surface area contributed by atoms with E-state index in [-0.39, 0.29) is 18.8 Å². The van der Waals surface area contributed by atoms with Crippen LogP contribution in [-0.2, 0) is 24.2 Å². The van der Waals surface area contributed by atoms with Crippen LogP contribution in [0.2, 0.25) is 5.02 Å². The van der Waals surface area contributed by atoms with Crippen molar-refractivity contribution < 1.29 is 22.7 Å². The Kier molecular flexibility index (Phi) is 7.35. The van der Waals surface area contributed by atoms with E-state index < -0.39 is 44.6 Å². The van der Waals surface area contributed by atoms with Gasteiger partial charge in [0.15, 0.2) is 9.84 Å². The number of hydrogen-bond donors (Lipinski definition) is 1. The van der Waals surface area contributed by atoms with Gasteiger partial charge in [-0.05, 0) is 44.9 Å². The van der Waals surface area contributed by atoms with Crippen LogP contribution in [0.3, 0.4) is 0 Å². The largest absolute Gasteiger partial charge is 0.370 e. The minimum absolute atomic E-state index is 0.136. The number of nitrogens with zero attached hydrogens (tertiary/aromatic N) is 1. The summed E-state index contributed by atoms with van der Waals surface area (Å²) in [5.74, 6) is -1.25. The van der Waals surface area contributed by atoms with E-state index in [4.69, 9.17) is 22.1 Å². The van der Waals surface area contributed by atoms with E-state index in [1.54, 1.807) is 49.9 Å². The Morgan fingerprint density at radius 2 is 1.90 bits per heavy atom. The molecule has 2 amide bonds.